The van der Waals surface area contributed by atoms with Gasteiger partial charge in [-0.15, -0.1) is 0 Å². The molecule has 5 heteroatoms. The molecular weight excluding hydrogens is 206 g/mol. The number of rotatable bonds is 7. The maximum absolute atomic E-state index is 11.5. The zero-order valence-electron chi connectivity index (χ0n) is 10.5. The molecule has 0 saturated carbocycles. The van der Waals surface area contributed by atoms with Crippen molar-refractivity contribution in [3.63, 3.8) is 0 Å². The summed E-state index contributed by atoms with van der Waals surface area (Å²) in [4.78, 5) is 15.4. The molecule has 0 spiro atoms. The van der Waals surface area contributed by atoms with Crippen molar-refractivity contribution >= 4 is 5.91 Å². The Morgan fingerprint density at radius 2 is 2.25 bits per heavy atom. The quantitative estimate of drug-likeness (QED) is 0.591. The Morgan fingerprint density at radius 3 is 2.81 bits per heavy atom. The molecule has 0 aromatic heterocycles. The van der Waals surface area contributed by atoms with E-state index >= 15 is 0 Å². The second-order valence-electron chi connectivity index (χ2n) is 4.47. The maximum Gasteiger partial charge on any atom is 0.239 e. The van der Waals surface area contributed by atoms with Gasteiger partial charge in [-0.2, -0.15) is 0 Å². The van der Waals surface area contributed by atoms with Crippen molar-refractivity contribution in [1.82, 2.24) is 15.1 Å². The number of nitrogens with zero attached hydrogens (tertiary/aromatic N) is 2. The van der Waals surface area contributed by atoms with Crippen LogP contribution >= 0.6 is 0 Å². The second kappa shape index (κ2) is 6.83. The van der Waals surface area contributed by atoms with E-state index in [1.54, 1.807) is 4.90 Å². The van der Waals surface area contributed by atoms with Crippen molar-refractivity contribution in [2.45, 2.75) is 12.5 Å². The van der Waals surface area contributed by atoms with Crippen molar-refractivity contribution in [3.8, 4) is 0 Å². The van der Waals surface area contributed by atoms with Gasteiger partial charge < -0.3 is 19.9 Å². The molecule has 1 aliphatic heterocycles. The van der Waals surface area contributed by atoms with Gasteiger partial charge in [0.1, 0.15) is 0 Å². The first-order valence-corrected chi connectivity index (χ1v) is 5.82. The number of carbonyl (C=O) groups is 1. The highest BCUT2D eigenvalue weighted by atomic mass is 16.5. The first kappa shape index (κ1) is 13.4. The summed E-state index contributed by atoms with van der Waals surface area (Å²) in [7, 11) is 5.89. The highest BCUT2D eigenvalue weighted by Crippen LogP contribution is 2.07. The van der Waals surface area contributed by atoms with E-state index in [4.69, 9.17) is 4.74 Å². The van der Waals surface area contributed by atoms with Crippen LogP contribution in [0.25, 0.3) is 0 Å². The lowest BCUT2D eigenvalue weighted by Crippen LogP contribution is -2.38. The van der Waals surface area contributed by atoms with Gasteiger partial charge in [-0.25, -0.2) is 0 Å². The van der Waals surface area contributed by atoms with Crippen LogP contribution in [0, 0.1) is 0 Å². The normalized spacial score (nSPS) is 21.1. The molecule has 5 nitrogen and oxygen atoms in total. The first-order valence-electron chi connectivity index (χ1n) is 5.82. The van der Waals surface area contributed by atoms with Crippen LogP contribution < -0.4 is 5.32 Å². The number of hydrogen-bond acceptors (Lipinski definition) is 4. The molecule has 0 aliphatic carbocycles. The summed E-state index contributed by atoms with van der Waals surface area (Å²) in [6.45, 7) is 3.95. The molecule has 1 aliphatic rings. The number of hydrogen-bond donors (Lipinski definition) is 1. The lowest BCUT2D eigenvalue weighted by atomic mass is 10.2. The van der Waals surface area contributed by atoms with Gasteiger partial charge in [-0.1, -0.05) is 0 Å². The molecule has 94 valence electrons. The van der Waals surface area contributed by atoms with Gasteiger partial charge >= 0.3 is 0 Å². The van der Waals surface area contributed by atoms with Crippen LogP contribution in [-0.4, -0.2) is 75.7 Å². The summed E-state index contributed by atoms with van der Waals surface area (Å²) in [5.41, 5.74) is 0. The molecule has 1 unspecified atom stereocenters. The number of ether oxygens (including phenoxy) is 1. The third-order valence-corrected chi connectivity index (χ3v) is 2.75. The Labute approximate surface area is 97.7 Å². The predicted molar refractivity (Wildman–Crippen MR) is 63.4 cm³/mol. The van der Waals surface area contributed by atoms with E-state index in [0.29, 0.717) is 6.61 Å². The van der Waals surface area contributed by atoms with Crippen LogP contribution in [0.3, 0.4) is 0 Å². The fourth-order valence-electron chi connectivity index (χ4n) is 1.67. The zero-order chi connectivity index (χ0) is 12.0. The van der Waals surface area contributed by atoms with Crippen molar-refractivity contribution in [2.75, 3.05) is 54.0 Å². The summed E-state index contributed by atoms with van der Waals surface area (Å²) >= 11 is 0. The number of amides is 1. The summed E-state index contributed by atoms with van der Waals surface area (Å²) < 4.78 is 5.44. The standard InChI is InChI=1S/C11H23N3O2/c1-13(2)7-9-16-8-5-12-10-4-6-14(3)11(10)15/h10,12H,4-9H2,1-3H3. The Balaban J connectivity index is 1.97. The molecule has 0 radical (unpaired) electrons. The highest BCUT2D eigenvalue weighted by molar-refractivity contribution is 5.83. The van der Waals surface area contributed by atoms with E-state index in [9.17, 15) is 4.79 Å². The van der Waals surface area contributed by atoms with E-state index in [-0.39, 0.29) is 11.9 Å². The number of carbonyl (C=O) groups excluding carboxylic acids is 1. The van der Waals surface area contributed by atoms with Gasteiger partial charge in [0.15, 0.2) is 0 Å². The largest absolute Gasteiger partial charge is 0.379 e. The minimum atomic E-state index is 0.00227. The average molecular weight is 229 g/mol. The van der Waals surface area contributed by atoms with Crippen LogP contribution in [0.15, 0.2) is 0 Å². The van der Waals surface area contributed by atoms with Gasteiger partial charge in [0.05, 0.1) is 19.3 Å². The fraction of sp³-hybridized carbons (Fsp3) is 0.909. The molecule has 1 rings (SSSR count). The third-order valence-electron chi connectivity index (χ3n) is 2.75. The van der Waals surface area contributed by atoms with Crippen molar-refractivity contribution in [2.24, 2.45) is 0 Å². The molecule has 1 fully saturated rings. The molecule has 1 saturated heterocycles. The minimum Gasteiger partial charge on any atom is -0.379 e. The summed E-state index contributed by atoms with van der Waals surface area (Å²) in [6.07, 6.45) is 0.910. The molecule has 1 amide bonds. The van der Waals surface area contributed by atoms with E-state index in [1.807, 2.05) is 21.1 Å². The van der Waals surface area contributed by atoms with Crippen molar-refractivity contribution in [1.29, 1.82) is 0 Å². The molecule has 0 bridgehead atoms. The van der Waals surface area contributed by atoms with E-state index < -0.39 is 0 Å². The fourth-order valence-corrected chi connectivity index (χ4v) is 1.67. The Hall–Kier alpha value is -0.650. The Morgan fingerprint density at radius 1 is 1.50 bits per heavy atom. The second-order valence-corrected chi connectivity index (χ2v) is 4.47. The van der Waals surface area contributed by atoms with Crippen molar-refractivity contribution < 1.29 is 9.53 Å². The maximum atomic E-state index is 11.5. The Bertz CT molecular complexity index is 221. The molecule has 16 heavy (non-hydrogen) atoms. The predicted octanol–water partition coefficient (Wildman–Crippen LogP) is -0.615. The summed E-state index contributed by atoms with van der Waals surface area (Å²) in [5.74, 6) is 0.202. The zero-order valence-corrected chi connectivity index (χ0v) is 10.5. The lowest BCUT2D eigenvalue weighted by Gasteiger charge is -2.13. The average Bonchev–Trinajstić information content (AvgIpc) is 2.54. The first-order chi connectivity index (χ1) is 7.61. The van der Waals surface area contributed by atoms with Crippen LogP contribution in [0.5, 0.6) is 0 Å². The van der Waals surface area contributed by atoms with Gasteiger partial charge in [0.2, 0.25) is 5.91 Å². The molecule has 1 atom stereocenters. The number of nitrogens with one attached hydrogen (secondary N) is 1. The third kappa shape index (κ3) is 4.47. The van der Waals surface area contributed by atoms with E-state index in [0.717, 1.165) is 32.7 Å². The lowest BCUT2D eigenvalue weighted by molar-refractivity contribution is -0.128. The smallest absolute Gasteiger partial charge is 0.239 e. The van der Waals surface area contributed by atoms with E-state index in [2.05, 4.69) is 10.2 Å². The van der Waals surface area contributed by atoms with Gasteiger partial charge in [0.25, 0.3) is 0 Å². The monoisotopic (exact) mass is 229 g/mol. The van der Waals surface area contributed by atoms with Crippen LogP contribution in [0.2, 0.25) is 0 Å². The van der Waals surface area contributed by atoms with Crippen LogP contribution in [0.4, 0.5) is 0 Å². The summed E-state index contributed by atoms with van der Waals surface area (Å²) in [6, 6.07) is 0.00227. The SMILES string of the molecule is CN(C)CCOCCNC1CCN(C)C1=O. The van der Waals surface area contributed by atoms with Gasteiger partial charge in [-0.05, 0) is 20.5 Å². The summed E-state index contributed by atoms with van der Waals surface area (Å²) in [5, 5.41) is 3.22. The van der Waals surface area contributed by atoms with Crippen LogP contribution in [0.1, 0.15) is 6.42 Å². The highest BCUT2D eigenvalue weighted by Gasteiger charge is 2.27. The minimum absolute atomic E-state index is 0.00227. The molecule has 1 N–H and O–H groups in total. The molecular formula is C11H23N3O2. The molecule has 0 aromatic rings. The van der Waals surface area contributed by atoms with Crippen LogP contribution in [-0.2, 0) is 9.53 Å². The molecule has 1 heterocycles. The van der Waals surface area contributed by atoms with Gasteiger partial charge in [-0.3, -0.25) is 4.79 Å². The van der Waals surface area contributed by atoms with E-state index in [1.165, 1.54) is 0 Å². The Kier molecular flexibility index (Phi) is 5.73. The molecule has 0 aromatic carbocycles. The number of likely N-dealkylation sites (tertiary alicyclic amines) is 1. The van der Waals surface area contributed by atoms with Gasteiger partial charge in [0, 0.05) is 26.7 Å². The number of likely N-dealkylation sites (N-methyl/N-ethyl adjacent to an activating group) is 2. The van der Waals surface area contributed by atoms with Crippen molar-refractivity contribution in [3.05, 3.63) is 0 Å². The topological polar surface area (TPSA) is 44.8 Å².